The lowest BCUT2D eigenvalue weighted by atomic mass is 9.65. The Labute approximate surface area is 172 Å². The van der Waals surface area contributed by atoms with Crippen LogP contribution in [0.3, 0.4) is 0 Å². The Hall–Kier alpha value is -2.81. The average molecular weight is 405 g/mol. The van der Waals surface area contributed by atoms with Gasteiger partial charge in [-0.15, -0.1) is 0 Å². The van der Waals surface area contributed by atoms with Crippen molar-refractivity contribution in [3.8, 4) is 5.75 Å². The minimum absolute atomic E-state index is 0.0364. The third kappa shape index (κ3) is 3.39. The van der Waals surface area contributed by atoms with E-state index < -0.39 is 37.6 Å². The molecule has 2 N–H and O–H groups in total. The van der Waals surface area contributed by atoms with E-state index in [1.54, 1.807) is 36.4 Å². The van der Waals surface area contributed by atoms with Gasteiger partial charge < -0.3 is 19.4 Å². The Kier molecular flexibility index (Phi) is 5.21. The van der Waals surface area contributed by atoms with Crippen molar-refractivity contribution in [2.24, 2.45) is 5.73 Å². The number of carbonyl (C=O) groups excluding carboxylic acids is 1. The number of hydrogen-bond donors (Lipinski definition) is 1. The van der Waals surface area contributed by atoms with Crippen LogP contribution in [0.4, 0.5) is 0 Å². The van der Waals surface area contributed by atoms with Crippen molar-refractivity contribution >= 4 is 39.4 Å². The highest BCUT2D eigenvalue weighted by Crippen LogP contribution is 2.40. The zero-order valence-corrected chi connectivity index (χ0v) is 16.2. The fourth-order valence-electron chi connectivity index (χ4n) is 2.78. The third-order valence-electron chi connectivity index (χ3n) is 4.38. The van der Waals surface area contributed by atoms with Crippen LogP contribution in [0.5, 0.6) is 5.75 Å². The van der Waals surface area contributed by atoms with E-state index >= 15 is 0 Å². The van der Waals surface area contributed by atoms with Crippen molar-refractivity contribution in [2.75, 3.05) is 7.11 Å². The van der Waals surface area contributed by atoms with Crippen LogP contribution in [0.2, 0.25) is 0 Å². The van der Waals surface area contributed by atoms with Crippen LogP contribution in [0.1, 0.15) is 11.1 Å². The van der Waals surface area contributed by atoms with Crippen LogP contribution in [0.25, 0.3) is 0 Å². The van der Waals surface area contributed by atoms with Gasteiger partial charge in [-0.25, -0.2) is 0 Å². The van der Waals surface area contributed by atoms with Crippen LogP contribution in [0.15, 0.2) is 66.2 Å². The molecule has 1 heterocycles. The second-order valence-electron chi connectivity index (χ2n) is 6.26. The summed E-state index contributed by atoms with van der Waals surface area (Å²) in [5, 5.41) is 0. The number of benzene rings is 2. The van der Waals surface area contributed by atoms with Crippen LogP contribution in [-0.4, -0.2) is 44.8 Å². The van der Waals surface area contributed by atoms with E-state index in [2.05, 4.69) is 0 Å². The van der Waals surface area contributed by atoms with Crippen molar-refractivity contribution in [1.29, 1.82) is 0 Å². The minimum atomic E-state index is -4.78. The van der Waals surface area contributed by atoms with Crippen molar-refractivity contribution < 1.29 is 26.9 Å². The first-order valence-electron chi connectivity index (χ1n) is 8.28. The highest BCUT2D eigenvalue weighted by molar-refractivity contribution is 7.90. The van der Waals surface area contributed by atoms with Crippen molar-refractivity contribution in [1.82, 2.24) is 0 Å². The van der Waals surface area contributed by atoms with Gasteiger partial charge in [-0.3, -0.25) is 4.79 Å². The monoisotopic (exact) mass is 405 g/mol. The molecule has 0 unspecified atom stereocenters. The highest BCUT2D eigenvalue weighted by atomic mass is 32.2. The molecule has 7 nitrogen and oxygen atoms in total. The summed E-state index contributed by atoms with van der Waals surface area (Å²) in [6.45, 7) is 0. The van der Waals surface area contributed by atoms with E-state index in [0.717, 1.165) is 0 Å². The maximum atomic E-state index is 12.9. The van der Waals surface area contributed by atoms with Gasteiger partial charge in [0.1, 0.15) is 5.75 Å². The van der Waals surface area contributed by atoms with Crippen LogP contribution < -0.4 is 10.5 Å². The molecule has 6 radical (unpaired) electrons. The molecule has 2 aromatic carbocycles. The number of para-hydroxylation sites is 1. The Balaban J connectivity index is 1.96. The number of hydrogen-bond acceptors (Lipinski definition) is 7. The van der Waals surface area contributed by atoms with E-state index in [-0.39, 0.29) is 16.9 Å². The topological polar surface area (TPSA) is 105 Å². The van der Waals surface area contributed by atoms with E-state index in [1.165, 1.54) is 25.3 Å². The Morgan fingerprint density at radius 1 is 1.07 bits per heavy atom. The lowest BCUT2D eigenvalue weighted by molar-refractivity contribution is -0.126. The molecule has 11 heteroatoms. The predicted octanol–water partition coefficient (Wildman–Crippen LogP) is 0.237. The second kappa shape index (κ2) is 7.22. The quantitative estimate of drug-likeness (QED) is 0.543. The van der Waals surface area contributed by atoms with Gasteiger partial charge >= 0.3 is 10.1 Å². The maximum Gasteiger partial charge on any atom is 0.302 e. The minimum Gasteiger partial charge on any atom is -0.496 e. The van der Waals surface area contributed by atoms with Crippen molar-refractivity contribution in [3.63, 3.8) is 0 Å². The largest absolute Gasteiger partial charge is 0.496 e. The maximum absolute atomic E-state index is 12.9. The molecule has 0 fully saturated rings. The van der Waals surface area contributed by atoms with E-state index in [9.17, 15) is 13.2 Å². The highest BCUT2D eigenvalue weighted by Gasteiger charge is 2.51. The van der Waals surface area contributed by atoms with Gasteiger partial charge in [0.05, 0.1) is 27.3 Å². The SMILES string of the molecule is [B]C([B])(c1ccccc1)S(=O)(=O)OC1=C(N)O[C@@]([B])(c2ccccc2OC)C1=O. The van der Waals surface area contributed by atoms with Gasteiger partial charge in [-0.05, 0) is 11.6 Å². The molecular formula is C18H14B3NO6S. The van der Waals surface area contributed by atoms with Gasteiger partial charge in [0.25, 0.3) is 0 Å². The molecule has 3 rings (SSSR count). The van der Waals surface area contributed by atoms with Crippen LogP contribution in [0, 0.1) is 0 Å². The molecule has 1 atom stereocenters. The number of Topliss-reactive ketones (excluding diaryl/α,β-unsaturated/α-hetero) is 1. The molecule has 0 saturated carbocycles. The lowest BCUT2D eigenvalue weighted by Crippen LogP contribution is -2.40. The second-order valence-corrected chi connectivity index (χ2v) is 8.01. The molecule has 1 aliphatic heterocycles. The molecule has 0 spiro atoms. The zero-order valence-electron chi connectivity index (χ0n) is 15.4. The molecule has 0 saturated heterocycles. The van der Waals surface area contributed by atoms with E-state index in [1.807, 2.05) is 0 Å². The number of methoxy groups -OCH3 is 1. The van der Waals surface area contributed by atoms with Crippen molar-refractivity contribution in [3.05, 3.63) is 77.4 Å². The van der Waals surface area contributed by atoms with Crippen LogP contribution in [-0.2, 0) is 33.9 Å². The first-order chi connectivity index (χ1) is 13.5. The molecule has 29 heavy (non-hydrogen) atoms. The summed E-state index contributed by atoms with van der Waals surface area (Å²) in [7, 11) is 14.3. The van der Waals surface area contributed by atoms with Crippen molar-refractivity contribution in [2.45, 2.75) is 10.0 Å². The molecule has 1 aliphatic rings. The number of rotatable bonds is 6. The standard InChI is InChI=1S/C18H14B3NO6S/c1-26-13-10-6-5-9-12(13)17(19)15(23)14(16(22)27-17)28-29(24,25)18(20,21)11-7-3-2-4-8-11/h2-10H,22H2,1H3/t17-/m0/s1. The van der Waals surface area contributed by atoms with E-state index in [4.69, 9.17) is 42.9 Å². The molecule has 0 aromatic heterocycles. The van der Waals surface area contributed by atoms with Gasteiger partial charge in [0.15, 0.2) is 13.3 Å². The first-order valence-corrected chi connectivity index (χ1v) is 9.68. The van der Waals surface area contributed by atoms with Gasteiger partial charge in [-0.2, -0.15) is 8.42 Å². The molecule has 0 amide bonds. The Morgan fingerprint density at radius 3 is 2.28 bits per heavy atom. The number of nitrogens with two attached hydrogens (primary N) is 1. The third-order valence-corrected chi connectivity index (χ3v) is 5.83. The summed E-state index contributed by atoms with van der Waals surface area (Å²) in [4.78, 5) is 12.9. The normalized spacial score (nSPS) is 19.7. The summed E-state index contributed by atoms with van der Waals surface area (Å²) in [6, 6.07) is 13.8. The summed E-state index contributed by atoms with van der Waals surface area (Å²) >= 11 is 0. The van der Waals surface area contributed by atoms with Gasteiger partial charge in [0, 0.05) is 5.56 Å². The number of ketones is 1. The number of carbonyl (C=O) groups is 1. The molecule has 0 bridgehead atoms. The number of ether oxygens (including phenoxy) is 2. The molecule has 0 aliphatic carbocycles. The zero-order chi connectivity index (χ0) is 21.4. The first kappa shape index (κ1) is 20.9. The Morgan fingerprint density at radius 2 is 1.66 bits per heavy atom. The van der Waals surface area contributed by atoms with Crippen LogP contribution >= 0.6 is 0 Å². The lowest BCUT2D eigenvalue weighted by Gasteiger charge is -2.27. The molecular weight excluding hydrogens is 391 g/mol. The fourth-order valence-corrected chi connectivity index (χ4v) is 3.72. The molecule has 142 valence electrons. The summed E-state index contributed by atoms with van der Waals surface area (Å²) in [5.74, 6) is -2.26. The summed E-state index contributed by atoms with van der Waals surface area (Å²) in [6.07, 6.45) is 0. The molecule has 2 aromatic rings. The fraction of sp³-hybridized carbons (Fsp3) is 0.167. The summed E-state index contributed by atoms with van der Waals surface area (Å²) in [5.41, 5.74) is 3.72. The van der Waals surface area contributed by atoms with Gasteiger partial charge in [0.2, 0.25) is 17.4 Å². The predicted molar refractivity (Wildman–Crippen MR) is 107 cm³/mol. The average Bonchev–Trinajstić information content (AvgIpc) is 2.92. The summed E-state index contributed by atoms with van der Waals surface area (Å²) < 4.78 is 38.4. The Bertz CT molecular complexity index is 1090. The van der Waals surface area contributed by atoms with E-state index in [0.29, 0.717) is 0 Å². The van der Waals surface area contributed by atoms with Gasteiger partial charge in [-0.1, -0.05) is 48.5 Å². The smallest absolute Gasteiger partial charge is 0.302 e.